The van der Waals surface area contributed by atoms with Crippen molar-refractivity contribution in [2.45, 2.75) is 26.3 Å². The molecule has 1 unspecified atom stereocenters. The molecule has 4 aromatic rings. The third kappa shape index (κ3) is 3.55. The van der Waals surface area contributed by atoms with Gasteiger partial charge in [0.2, 0.25) is 5.88 Å². The van der Waals surface area contributed by atoms with Gasteiger partial charge >= 0.3 is 0 Å². The van der Waals surface area contributed by atoms with Crippen molar-refractivity contribution >= 4 is 23.1 Å². The van der Waals surface area contributed by atoms with E-state index in [1.54, 1.807) is 0 Å². The Kier molecular flexibility index (Phi) is 5.55. The number of aromatic hydroxyl groups is 1. The van der Waals surface area contributed by atoms with Gasteiger partial charge in [-0.25, -0.2) is 0 Å². The fraction of sp³-hybridized carbons (Fsp3) is 0.280. The number of likely N-dealkylation sites (N-methyl/N-ethyl adjacent to an activating group) is 1. The zero-order valence-corrected chi connectivity index (χ0v) is 19.4. The monoisotopic (exact) mass is 462 g/mol. The lowest BCUT2D eigenvalue weighted by Crippen LogP contribution is -2.39. The topological polar surface area (TPSA) is 86.3 Å². The van der Waals surface area contributed by atoms with Crippen LogP contribution in [0.15, 0.2) is 53.3 Å². The van der Waals surface area contributed by atoms with Crippen LogP contribution in [0.3, 0.4) is 0 Å². The second-order valence-corrected chi connectivity index (χ2v) is 8.49. The van der Waals surface area contributed by atoms with E-state index in [2.05, 4.69) is 27.9 Å². The first-order valence-electron chi connectivity index (χ1n) is 11.2. The van der Waals surface area contributed by atoms with Gasteiger partial charge in [-0.1, -0.05) is 25.1 Å². The van der Waals surface area contributed by atoms with Crippen molar-refractivity contribution in [3.8, 4) is 17.3 Å². The molecule has 0 saturated heterocycles. The average molecular weight is 463 g/mol. The van der Waals surface area contributed by atoms with E-state index in [-0.39, 0.29) is 21.8 Å². The molecular weight excluding hydrogens is 436 g/mol. The molecule has 1 aliphatic rings. The van der Waals surface area contributed by atoms with Gasteiger partial charge in [-0.05, 0) is 68.0 Å². The average Bonchev–Trinajstić information content (AvgIpc) is 3.19. The Balaban J connectivity index is 1.72. The second-order valence-electron chi connectivity index (χ2n) is 8.10. The van der Waals surface area contributed by atoms with Crippen LogP contribution >= 0.6 is 12.2 Å². The van der Waals surface area contributed by atoms with Crippen LogP contribution in [0, 0.1) is 4.77 Å². The third-order valence-corrected chi connectivity index (χ3v) is 6.63. The van der Waals surface area contributed by atoms with E-state index >= 15 is 0 Å². The minimum Gasteiger partial charge on any atom is -0.494 e. The Morgan fingerprint density at radius 3 is 2.61 bits per heavy atom. The van der Waals surface area contributed by atoms with Crippen LogP contribution in [-0.2, 0) is 6.42 Å². The molecule has 8 heteroatoms. The molecule has 0 bridgehead atoms. The van der Waals surface area contributed by atoms with Crippen LogP contribution in [0.4, 0.5) is 0 Å². The van der Waals surface area contributed by atoms with Crippen molar-refractivity contribution in [3.63, 3.8) is 0 Å². The summed E-state index contributed by atoms with van der Waals surface area (Å²) < 4.78 is 7.17. The number of aromatic nitrogens is 3. The Bertz CT molecular complexity index is 1440. The number of ether oxygens (including phenoxy) is 1. The zero-order chi connectivity index (χ0) is 23.1. The summed E-state index contributed by atoms with van der Waals surface area (Å²) in [6.45, 7) is 6.07. The van der Waals surface area contributed by atoms with Crippen molar-refractivity contribution in [2.75, 3.05) is 19.7 Å². The van der Waals surface area contributed by atoms with Gasteiger partial charge < -0.3 is 14.8 Å². The van der Waals surface area contributed by atoms with E-state index in [0.717, 1.165) is 41.9 Å². The van der Waals surface area contributed by atoms with Crippen LogP contribution < -0.4 is 10.3 Å². The van der Waals surface area contributed by atoms with E-state index in [1.807, 2.05) is 49.4 Å². The van der Waals surface area contributed by atoms with Gasteiger partial charge in [0.15, 0.2) is 4.77 Å². The highest BCUT2D eigenvalue weighted by Gasteiger charge is 2.35. The van der Waals surface area contributed by atoms with Crippen LogP contribution in [0.2, 0.25) is 0 Å². The Hall–Kier alpha value is -3.36. The molecule has 2 aromatic carbocycles. The van der Waals surface area contributed by atoms with Gasteiger partial charge in [0.05, 0.1) is 18.3 Å². The fourth-order valence-corrected chi connectivity index (χ4v) is 5.13. The molecule has 7 nitrogen and oxygen atoms in total. The lowest BCUT2D eigenvalue weighted by molar-refractivity contribution is 0.215. The molecule has 5 rings (SSSR count). The number of hydrogen-bond donors (Lipinski definition) is 3. The van der Waals surface area contributed by atoms with E-state index in [0.29, 0.717) is 12.3 Å². The second kappa shape index (κ2) is 8.53. The summed E-state index contributed by atoms with van der Waals surface area (Å²) in [6.07, 6.45) is 0.875. The molecular formula is C25H26N4O3S. The number of fused-ring (bicyclic) bond motifs is 3. The molecule has 3 N–H and O–H groups in total. The molecule has 170 valence electrons. The van der Waals surface area contributed by atoms with Gasteiger partial charge in [0.1, 0.15) is 11.3 Å². The van der Waals surface area contributed by atoms with E-state index in [1.165, 1.54) is 10.1 Å². The summed E-state index contributed by atoms with van der Waals surface area (Å²) in [7, 11) is 0. The minimum atomic E-state index is -0.417. The lowest BCUT2D eigenvalue weighted by atomic mass is 9.93. The van der Waals surface area contributed by atoms with Gasteiger partial charge in [-0.3, -0.25) is 19.2 Å². The van der Waals surface area contributed by atoms with E-state index in [4.69, 9.17) is 17.0 Å². The first-order chi connectivity index (χ1) is 16.0. The largest absolute Gasteiger partial charge is 0.494 e. The van der Waals surface area contributed by atoms with Gasteiger partial charge in [0.25, 0.3) is 5.56 Å². The Morgan fingerprint density at radius 1 is 1.12 bits per heavy atom. The van der Waals surface area contributed by atoms with Crippen molar-refractivity contribution in [2.24, 2.45) is 0 Å². The predicted octanol–water partition coefficient (Wildman–Crippen LogP) is 4.45. The number of benzene rings is 2. The van der Waals surface area contributed by atoms with Crippen molar-refractivity contribution < 1.29 is 9.84 Å². The van der Waals surface area contributed by atoms with Crippen LogP contribution in [0.5, 0.6) is 11.6 Å². The lowest BCUT2D eigenvalue weighted by Gasteiger charge is -2.35. The van der Waals surface area contributed by atoms with Crippen molar-refractivity contribution in [1.29, 1.82) is 0 Å². The summed E-state index contributed by atoms with van der Waals surface area (Å²) in [5, 5.41) is 12.6. The maximum Gasteiger partial charge on any atom is 0.260 e. The van der Waals surface area contributed by atoms with Gasteiger partial charge in [-0.15, -0.1) is 0 Å². The molecule has 0 fully saturated rings. The smallest absolute Gasteiger partial charge is 0.260 e. The molecule has 0 aliphatic carbocycles. The Labute approximate surface area is 196 Å². The molecule has 1 atom stereocenters. The van der Waals surface area contributed by atoms with Crippen LogP contribution in [0.25, 0.3) is 16.6 Å². The number of rotatable bonds is 5. The summed E-state index contributed by atoms with van der Waals surface area (Å²) in [6, 6.07) is 15.0. The van der Waals surface area contributed by atoms with Crippen molar-refractivity contribution in [1.82, 2.24) is 19.4 Å². The summed E-state index contributed by atoms with van der Waals surface area (Å²) in [5.74, 6) is 0.576. The normalized spacial score (nSPS) is 16.1. The molecule has 0 spiro atoms. The molecule has 1 aliphatic heterocycles. The standard InChI is InChI=1S/C25H26N4O3S/c1-3-28-14-13-18-17-7-5-6-8-19(17)26-21(18)22(28)20-23(30)27-25(33)29(24(20)31)15-9-11-16(12-10-15)32-4-2/h5-12,22,26,31H,3-4,13-14H2,1-2H3,(H,27,30,33). The highest BCUT2D eigenvalue weighted by Crippen LogP contribution is 2.40. The zero-order valence-electron chi connectivity index (χ0n) is 18.6. The number of hydrogen-bond acceptors (Lipinski definition) is 5. The Morgan fingerprint density at radius 2 is 1.88 bits per heavy atom. The first kappa shape index (κ1) is 21.5. The van der Waals surface area contributed by atoms with Gasteiger partial charge in [-0.2, -0.15) is 0 Å². The van der Waals surface area contributed by atoms with Crippen LogP contribution in [-0.4, -0.2) is 44.2 Å². The molecule has 33 heavy (non-hydrogen) atoms. The quantitative estimate of drug-likeness (QED) is 0.382. The predicted molar refractivity (Wildman–Crippen MR) is 131 cm³/mol. The highest BCUT2D eigenvalue weighted by molar-refractivity contribution is 7.71. The van der Waals surface area contributed by atoms with E-state index < -0.39 is 6.04 Å². The summed E-state index contributed by atoms with van der Waals surface area (Å²) in [4.78, 5) is 21.7. The molecule has 2 aromatic heterocycles. The number of H-pyrrole nitrogens is 2. The SMILES string of the molecule is CCOc1ccc(-n2c(O)c(C3c4[nH]c5ccccc5c4CCN3CC)c(=O)[nH]c2=S)cc1. The highest BCUT2D eigenvalue weighted by atomic mass is 32.1. The van der Waals surface area contributed by atoms with Crippen LogP contribution in [0.1, 0.15) is 36.7 Å². The van der Waals surface area contributed by atoms with Crippen molar-refractivity contribution in [3.05, 3.63) is 80.5 Å². The molecule has 0 radical (unpaired) electrons. The third-order valence-electron chi connectivity index (χ3n) is 6.34. The number of nitrogens with one attached hydrogen (secondary N) is 2. The molecule has 3 heterocycles. The van der Waals surface area contributed by atoms with Gasteiger partial charge in [0, 0.05) is 23.1 Å². The first-order valence-corrected chi connectivity index (χ1v) is 11.6. The molecule has 0 amide bonds. The number of para-hydroxylation sites is 1. The maximum absolute atomic E-state index is 13.2. The number of aromatic amines is 2. The van der Waals surface area contributed by atoms with E-state index in [9.17, 15) is 9.90 Å². The molecule has 0 saturated carbocycles. The summed E-state index contributed by atoms with van der Waals surface area (Å²) in [5.41, 5.74) is 3.71. The fourth-order valence-electron chi connectivity index (χ4n) is 4.84. The minimum absolute atomic E-state index is 0.140. The maximum atomic E-state index is 13.2. The summed E-state index contributed by atoms with van der Waals surface area (Å²) >= 11 is 5.44. The number of nitrogens with zero attached hydrogens (tertiary/aromatic N) is 2.